The maximum atomic E-state index is 11.7. The van der Waals surface area contributed by atoms with Gasteiger partial charge in [0.05, 0.1) is 19.8 Å². The number of rotatable bonds is 5. The van der Waals surface area contributed by atoms with Gasteiger partial charge >= 0.3 is 5.69 Å². The number of nitrogen functional groups attached to an aromatic ring is 1. The molecule has 1 aliphatic rings. The van der Waals surface area contributed by atoms with Crippen molar-refractivity contribution in [1.82, 2.24) is 9.55 Å². The normalized spacial score (nSPS) is 19.6. The molecule has 0 saturated carbocycles. The van der Waals surface area contributed by atoms with Crippen LogP contribution >= 0.6 is 0 Å². The number of anilines is 1. The van der Waals surface area contributed by atoms with Gasteiger partial charge in [-0.15, -0.1) is 0 Å². The molecule has 2 N–H and O–H groups in total. The van der Waals surface area contributed by atoms with Crippen LogP contribution < -0.4 is 11.4 Å². The average Bonchev–Trinajstić information content (AvgIpc) is 3.06. The third-order valence-corrected chi connectivity index (χ3v) is 3.26. The van der Waals surface area contributed by atoms with Crippen LogP contribution in [-0.4, -0.2) is 29.1 Å². The van der Waals surface area contributed by atoms with Crippen molar-refractivity contribution in [2.45, 2.75) is 33.0 Å². The third kappa shape index (κ3) is 4.89. The maximum absolute atomic E-state index is 11.7. The van der Waals surface area contributed by atoms with Crippen LogP contribution in [0.1, 0.15) is 25.6 Å². The highest BCUT2D eigenvalue weighted by Crippen LogP contribution is 2.20. The van der Waals surface area contributed by atoms with E-state index in [1.165, 1.54) is 4.57 Å². The van der Waals surface area contributed by atoms with Gasteiger partial charge < -0.3 is 19.9 Å². The lowest BCUT2D eigenvalue weighted by molar-refractivity contribution is -0.118. The molecule has 2 heterocycles. The van der Waals surface area contributed by atoms with E-state index >= 15 is 0 Å². The van der Waals surface area contributed by atoms with Crippen molar-refractivity contribution >= 4 is 5.82 Å². The van der Waals surface area contributed by atoms with Gasteiger partial charge in [0.15, 0.2) is 12.5 Å². The second-order valence-electron chi connectivity index (χ2n) is 4.90. The number of hydrogen-bond acceptors (Lipinski definition) is 6. The number of ether oxygens (including phenoxy) is 3. The van der Waals surface area contributed by atoms with Crippen molar-refractivity contribution in [1.29, 1.82) is 0 Å². The molecule has 1 aliphatic heterocycles. The molecule has 7 heteroatoms. The van der Waals surface area contributed by atoms with Crippen LogP contribution in [0.2, 0.25) is 0 Å². The Hall–Kier alpha value is -2.22. The minimum absolute atomic E-state index is 0.183. The Morgan fingerprint density at radius 2 is 2.04 bits per heavy atom. The number of benzene rings is 1. The van der Waals surface area contributed by atoms with E-state index in [-0.39, 0.29) is 12.4 Å². The molecule has 0 bridgehead atoms. The van der Waals surface area contributed by atoms with E-state index in [1.54, 1.807) is 12.3 Å². The van der Waals surface area contributed by atoms with Crippen molar-refractivity contribution in [3.8, 4) is 0 Å². The Morgan fingerprint density at radius 3 is 2.75 bits per heavy atom. The van der Waals surface area contributed by atoms with E-state index in [9.17, 15) is 4.79 Å². The summed E-state index contributed by atoms with van der Waals surface area (Å²) in [7, 11) is 0. The van der Waals surface area contributed by atoms with Crippen LogP contribution in [0.25, 0.3) is 0 Å². The van der Waals surface area contributed by atoms with Crippen LogP contribution in [0.5, 0.6) is 0 Å². The standard InChI is InChI=1S/C15H17N3O4.C2H6/c16-12-6-7-18(15(19)17-12)13-9-21-14(22-13)10-20-8-11-4-2-1-3-5-11;1-2/h1-7,13-14H,8-10H2,(H2,16,17,19);1-2H3. The topological polar surface area (TPSA) is 88.6 Å². The zero-order valence-electron chi connectivity index (χ0n) is 13.9. The van der Waals surface area contributed by atoms with Gasteiger partial charge in [-0.2, -0.15) is 4.98 Å². The Bertz CT molecular complexity index is 675. The predicted octanol–water partition coefficient (Wildman–Crippen LogP) is 1.94. The fourth-order valence-corrected chi connectivity index (χ4v) is 2.17. The SMILES string of the molecule is CC.Nc1ccn(C2COC(COCc3ccccc3)O2)c(=O)n1. The van der Waals surface area contributed by atoms with Gasteiger partial charge in [-0.1, -0.05) is 44.2 Å². The fraction of sp³-hybridized carbons (Fsp3) is 0.412. The molecule has 2 aromatic rings. The van der Waals surface area contributed by atoms with Crippen LogP contribution in [0.15, 0.2) is 47.4 Å². The van der Waals surface area contributed by atoms with Crippen molar-refractivity contribution < 1.29 is 14.2 Å². The molecular formula is C17H23N3O4. The summed E-state index contributed by atoms with van der Waals surface area (Å²) in [5, 5.41) is 0. The van der Waals surface area contributed by atoms with Crippen molar-refractivity contribution in [3.05, 3.63) is 58.6 Å². The predicted molar refractivity (Wildman–Crippen MR) is 90.2 cm³/mol. The van der Waals surface area contributed by atoms with E-state index in [2.05, 4.69) is 4.98 Å². The number of aromatic nitrogens is 2. The van der Waals surface area contributed by atoms with Gasteiger partial charge in [0.1, 0.15) is 5.82 Å². The largest absolute Gasteiger partial charge is 0.383 e. The fourth-order valence-electron chi connectivity index (χ4n) is 2.17. The molecule has 130 valence electrons. The van der Waals surface area contributed by atoms with Crippen molar-refractivity contribution in [2.24, 2.45) is 0 Å². The number of nitrogens with two attached hydrogens (primary N) is 1. The molecule has 1 aromatic heterocycles. The molecule has 2 atom stereocenters. The van der Waals surface area contributed by atoms with Crippen LogP contribution in [0, 0.1) is 0 Å². The molecule has 0 radical (unpaired) electrons. The Morgan fingerprint density at radius 1 is 1.29 bits per heavy atom. The summed E-state index contributed by atoms with van der Waals surface area (Å²) in [4.78, 5) is 15.4. The van der Waals surface area contributed by atoms with Crippen molar-refractivity contribution in [2.75, 3.05) is 18.9 Å². The first kappa shape index (κ1) is 18.1. The lowest BCUT2D eigenvalue weighted by atomic mass is 10.2. The molecule has 2 unspecified atom stereocenters. The molecule has 3 rings (SSSR count). The van der Waals surface area contributed by atoms with E-state index in [0.29, 0.717) is 13.2 Å². The minimum atomic E-state index is -0.508. The van der Waals surface area contributed by atoms with Gasteiger partial charge in [0.2, 0.25) is 0 Å². The maximum Gasteiger partial charge on any atom is 0.351 e. The highest BCUT2D eigenvalue weighted by atomic mass is 16.7. The molecule has 0 amide bonds. The summed E-state index contributed by atoms with van der Waals surface area (Å²) >= 11 is 0. The van der Waals surface area contributed by atoms with E-state index in [4.69, 9.17) is 19.9 Å². The molecule has 24 heavy (non-hydrogen) atoms. The van der Waals surface area contributed by atoms with Crippen LogP contribution in [0.4, 0.5) is 5.82 Å². The second-order valence-corrected chi connectivity index (χ2v) is 4.90. The summed E-state index contributed by atoms with van der Waals surface area (Å²) in [5.41, 5.74) is 6.08. The summed E-state index contributed by atoms with van der Waals surface area (Å²) in [6.07, 6.45) is 0.537. The summed E-state index contributed by atoms with van der Waals surface area (Å²) < 4.78 is 18.0. The molecule has 7 nitrogen and oxygen atoms in total. The smallest absolute Gasteiger partial charge is 0.351 e. The monoisotopic (exact) mass is 333 g/mol. The van der Waals surface area contributed by atoms with Gasteiger partial charge in [-0.3, -0.25) is 4.57 Å². The van der Waals surface area contributed by atoms with Crippen molar-refractivity contribution in [3.63, 3.8) is 0 Å². The molecule has 0 spiro atoms. The van der Waals surface area contributed by atoms with Gasteiger partial charge in [0, 0.05) is 6.20 Å². The number of nitrogens with zero attached hydrogens (tertiary/aromatic N) is 2. The van der Waals surface area contributed by atoms with Crippen LogP contribution in [0.3, 0.4) is 0 Å². The molecule has 0 aliphatic carbocycles. The number of hydrogen-bond donors (Lipinski definition) is 1. The molecule has 1 saturated heterocycles. The van der Waals surface area contributed by atoms with Gasteiger partial charge in [0.25, 0.3) is 0 Å². The first-order valence-electron chi connectivity index (χ1n) is 7.96. The quantitative estimate of drug-likeness (QED) is 0.899. The second kappa shape index (κ2) is 9.17. The summed E-state index contributed by atoms with van der Waals surface area (Å²) in [5.74, 6) is 0.183. The lowest BCUT2D eigenvalue weighted by Gasteiger charge is -2.13. The van der Waals surface area contributed by atoms with Gasteiger partial charge in [-0.25, -0.2) is 4.79 Å². The Kier molecular flexibility index (Phi) is 6.92. The summed E-state index contributed by atoms with van der Waals surface area (Å²) in [6.45, 7) is 5.05. The van der Waals surface area contributed by atoms with Gasteiger partial charge in [-0.05, 0) is 11.6 Å². The first-order valence-corrected chi connectivity index (χ1v) is 7.96. The Balaban J connectivity index is 0.00000100. The molecular weight excluding hydrogens is 310 g/mol. The highest BCUT2D eigenvalue weighted by molar-refractivity contribution is 5.23. The zero-order chi connectivity index (χ0) is 17.4. The minimum Gasteiger partial charge on any atom is -0.383 e. The Labute approximate surface area is 141 Å². The highest BCUT2D eigenvalue weighted by Gasteiger charge is 2.28. The van der Waals surface area contributed by atoms with E-state index in [0.717, 1.165) is 5.56 Å². The lowest BCUT2D eigenvalue weighted by Crippen LogP contribution is -2.28. The third-order valence-electron chi connectivity index (χ3n) is 3.26. The molecule has 1 fully saturated rings. The molecule has 1 aromatic carbocycles. The first-order chi connectivity index (χ1) is 11.7. The zero-order valence-corrected chi connectivity index (χ0v) is 13.9. The average molecular weight is 333 g/mol. The van der Waals surface area contributed by atoms with Crippen LogP contribution in [-0.2, 0) is 20.8 Å². The van der Waals surface area contributed by atoms with E-state index < -0.39 is 18.2 Å². The summed E-state index contributed by atoms with van der Waals surface area (Å²) in [6, 6.07) is 11.4. The van der Waals surface area contributed by atoms with E-state index in [1.807, 2.05) is 44.2 Å².